The van der Waals surface area contributed by atoms with Gasteiger partial charge in [0.05, 0.1) is 6.54 Å². The van der Waals surface area contributed by atoms with Crippen LogP contribution in [0.3, 0.4) is 0 Å². The number of piperazine rings is 1. The van der Waals surface area contributed by atoms with Gasteiger partial charge in [0.2, 0.25) is 5.88 Å². The fraction of sp³-hybridized carbons (Fsp3) is 0.500. The summed E-state index contributed by atoms with van der Waals surface area (Å²) >= 11 is 0. The second kappa shape index (κ2) is 12.6. The molecule has 4 N–H and O–H groups in total. The van der Waals surface area contributed by atoms with E-state index >= 15 is 0 Å². The van der Waals surface area contributed by atoms with Crippen molar-refractivity contribution in [3.05, 3.63) is 36.0 Å². The van der Waals surface area contributed by atoms with Crippen molar-refractivity contribution in [3.8, 4) is 5.88 Å². The van der Waals surface area contributed by atoms with Crippen molar-refractivity contribution in [3.63, 3.8) is 0 Å². The Bertz CT molecular complexity index is 763. The van der Waals surface area contributed by atoms with Crippen LogP contribution in [0.25, 0.3) is 0 Å². The van der Waals surface area contributed by atoms with Crippen molar-refractivity contribution >= 4 is 17.8 Å². The molecule has 11 heteroatoms. The van der Waals surface area contributed by atoms with Crippen LogP contribution in [0.2, 0.25) is 0 Å². The molecule has 0 radical (unpaired) electrons. The van der Waals surface area contributed by atoms with Gasteiger partial charge in [-0.15, -0.1) is 0 Å². The largest absolute Gasteiger partial charge is 0.478 e. The summed E-state index contributed by atoms with van der Waals surface area (Å²) in [4.78, 5) is 42.2. The lowest BCUT2D eigenvalue weighted by molar-refractivity contribution is -0.134. The Morgan fingerprint density at radius 1 is 1.16 bits per heavy atom. The van der Waals surface area contributed by atoms with Crippen molar-refractivity contribution in [2.45, 2.75) is 12.5 Å². The van der Waals surface area contributed by atoms with Gasteiger partial charge in [0.25, 0.3) is 5.91 Å². The number of carboxylic acids is 2. The van der Waals surface area contributed by atoms with Crippen LogP contribution in [0.4, 0.5) is 0 Å². The number of carbonyl (C=O) groups is 3. The number of ether oxygens (including phenoxy) is 1. The molecule has 0 spiro atoms. The van der Waals surface area contributed by atoms with Gasteiger partial charge in [-0.25, -0.2) is 14.6 Å². The number of aromatic nitrogens is 1. The van der Waals surface area contributed by atoms with Crippen molar-refractivity contribution in [1.29, 1.82) is 0 Å². The Kier molecular flexibility index (Phi) is 10.6. The number of nitrogens with zero attached hydrogens (tertiary/aromatic N) is 4. The van der Waals surface area contributed by atoms with Crippen LogP contribution in [-0.2, 0) is 9.59 Å². The lowest BCUT2D eigenvalue weighted by atomic mass is 10.2. The smallest absolute Gasteiger partial charge is 0.328 e. The molecule has 1 fully saturated rings. The molecule has 2 aliphatic heterocycles. The number of fused-ring (bicyclic) bond motifs is 1. The van der Waals surface area contributed by atoms with Gasteiger partial charge in [-0.05, 0) is 25.6 Å². The van der Waals surface area contributed by atoms with Crippen LogP contribution in [0.5, 0.6) is 5.88 Å². The van der Waals surface area contributed by atoms with Gasteiger partial charge >= 0.3 is 11.9 Å². The molecule has 1 aromatic rings. The van der Waals surface area contributed by atoms with Crippen molar-refractivity contribution in [2.75, 3.05) is 53.4 Å². The predicted molar refractivity (Wildman–Crippen MR) is 112 cm³/mol. The number of carbonyl (C=O) groups excluding carboxylic acids is 1. The monoisotopic (exact) mass is 438 g/mol. The molecule has 3 heterocycles. The van der Waals surface area contributed by atoms with Gasteiger partial charge in [-0.2, -0.15) is 0 Å². The summed E-state index contributed by atoms with van der Waals surface area (Å²) < 4.78 is 6.00. The van der Waals surface area contributed by atoms with E-state index in [4.69, 9.17) is 14.9 Å². The molecule has 1 aromatic heterocycles. The number of rotatable bonds is 5. The third kappa shape index (κ3) is 8.70. The quantitative estimate of drug-likeness (QED) is 0.575. The molecule has 172 valence electrons. The standard InChI is InChI=1S/C16H24N4O2.C4H4O4.H2O/c1-18-8-10-20(11-9-18)7-5-13-12-19(2)16(21)14-4-3-6-17-15(14)22-13;5-3(6)1-2-4(7)8;/h3-4,6,13H,5,7-12H2,1-2H3;1-2H,(H,5,6)(H,7,8);1H2. The van der Waals surface area contributed by atoms with E-state index in [1.165, 1.54) is 0 Å². The molecular weight excluding hydrogens is 408 g/mol. The Labute approximate surface area is 180 Å². The van der Waals surface area contributed by atoms with Crippen LogP contribution in [-0.4, -0.2) is 113 Å². The molecule has 0 aliphatic carbocycles. The minimum absolute atomic E-state index is 0. The van der Waals surface area contributed by atoms with Crippen molar-refractivity contribution in [1.82, 2.24) is 19.7 Å². The van der Waals surface area contributed by atoms with E-state index in [0.717, 1.165) is 39.1 Å². The van der Waals surface area contributed by atoms with Gasteiger partial charge < -0.3 is 35.1 Å². The molecule has 1 saturated heterocycles. The second-order valence-electron chi connectivity index (χ2n) is 7.23. The minimum Gasteiger partial charge on any atom is -0.478 e. The van der Waals surface area contributed by atoms with E-state index in [0.29, 0.717) is 30.1 Å². The summed E-state index contributed by atoms with van der Waals surface area (Å²) in [6.07, 6.45) is 3.71. The van der Waals surface area contributed by atoms with Crippen LogP contribution in [0, 0.1) is 0 Å². The molecule has 0 bridgehead atoms. The number of hydrogen-bond acceptors (Lipinski definition) is 7. The molecule has 1 unspecified atom stereocenters. The maximum Gasteiger partial charge on any atom is 0.328 e. The number of pyridine rings is 1. The first-order valence-corrected chi connectivity index (χ1v) is 9.68. The normalized spacial score (nSPS) is 19.4. The second-order valence-corrected chi connectivity index (χ2v) is 7.23. The van der Waals surface area contributed by atoms with Crippen LogP contribution in [0.15, 0.2) is 30.5 Å². The maximum atomic E-state index is 12.3. The molecular formula is C20H30N4O7. The number of aliphatic carboxylic acids is 2. The van der Waals surface area contributed by atoms with E-state index in [-0.39, 0.29) is 17.5 Å². The number of likely N-dealkylation sites (N-methyl/N-ethyl adjacent to an activating group) is 2. The third-order valence-corrected chi connectivity index (χ3v) is 4.84. The summed E-state index contributed by atoms with van der Waals surface area (Å²) in [5.74, 6) is -2.05. The van der Waals surface area contributed by atoms with E-state index < -0.39 is 11.9 Å². The zero-order valence-electron chi connectivity index (χ0n) is 17.7. The summed E-state index contributed by atoms with van der Waals surface area (Å²) in [5, 5.41) is 15.6. The van der Waals surface area contributed by atoms with E-state index in [1.807, 2.05) is 7.05 Å². The average molecular weight is 438 g/mol. The first kappa shape index (κ1) is 26.0. The average Bonchev–Trinajstić information content (AvgIpc) is 2.83. The van der Waals surface area contributed by atoms with E-state index in [9.17, 15) is 14.4 Å². The molecule has 11 nitrogen and oxygen atoms in total. The molecule has 0 aromatic carbocycles. The highest BCUT2D eigenvalue weighted by atomic mass is 16.5. The van der Waals surface area contributed by atoms with E-state index in [1.54, 1.807) is 23.2 Å². The number of carboxylic acid groups (broad SMARTS) is 2. The lowest BCUT2D eigenvalue weighted by Crippen LogP contribution is -2.46. The third-order valence-electron chi connectivity index (χ3n) is 4.84. The number of hydrogen-bond donors (Lipinski definition) is 2. The zero-order valence-corrected chi connectivity index (χ0v) is 17.7. The molecule has 2 aliphatic rings. The highest BCUT2D eigenvalue weighted by Gasteiger charge is 2.27. The summed E-state index contributed by atoms with van der Waals surface area (Å²) in [6, 6.07) is 3.56. The Balaban J connectivity index is 0.000000461. The maximum absolute atomic E-state index is 12.3. The SMILES string of the molecule is CN1CCN(CCC2CN(C)C(=O)c3cccnc3O2)CC1.O.O=C(O)C=CC(=O)O. The molecule has 31 heavy (non-hydrogen) atoms. The number of amides is 1. The molecule has 0 saturated carbocycles. The summed E-state index contributed by atoms with van der Waals surface area (Å²) in [7, 11) is 3.99. The first-order valence-electron chi connectivity index (χ1n) is 9.68. The van der Waals surface area contributed by atoms with E-state index in [2.05, 4.69) is 21.8 Å². The van der Waals surface area contributed by atoms with Gasteiger partial charge in [-0.1, -0.05) is 0 Å². The topological polar surface area (TPSA) is 155 Å². The summed E-state index contributed by atoms with van der Waals surface area (Å²) in [5.41, 5.74) is 0.562. The molecule has 3 rings (SSSR count). The van der Waals surface area contributed by atoms with Gasteiger partial charge in [0.15, 0.2) is 0 Å². The highest BCUT2D eigenvalue weighted by molar-refractivity contribution is 5.96. The predicted octanol–water partition coefficient (Wildman–Crippen LogP) is -0.561. The minimum atomic E-state index is -1.26. The fourth-order valence-electron chi connectivity index (χ4n) is 3.13. The molecule has 1 amide bonds. The fourth-order valence-corrected chi connectivity index (χ4v) is 3.13. The Morgan fingerprint density at radius 2 is 1.77 bits per heavy atom. The van der Waals surface area contributed by atoms with Crippen LogP contribution >= 0.6 is 0 Å². The van der Waals surface area contributed by atoms with Gasteiger partial charge in [-0.3, -0.25) is 4.79 Å². The first-order chi connectivity index (χ1) is 14.3. The van der Waals surface area contributed by atoms with Crippen molar-refractivity contribution < 1.29 is 34.8 Å². The Morgan fingerprint density at radius 3 is 2.35 bits per heavy atom. The van der Waals surface area contributed by atoms with Gasteiger partial charge in [0, 0.05) is 58.1 Å². The highest BCUT2D eigenvalue weighted by Crippen LogP contribution is 2.22. The summed E-state index contributed by atoms with van der Waals surface area (Å²) in [6.45, 7) is 6.06. The zero-order chi connectivity index (χ0) is 22.1. The Hall–Kier alpha value is -3.02. The van der Waals surface area contributed by atoms with Crippen molar-refractivity contribution in [2.24, 2.45) is 0 Å². The molecule has 1 atom stereocenters. The lowest BCUT2D eigenvalue weighted by Gasteiger charge is -2.33. The van der Waals surface area contributed by atoms with Gasteiger partial charge in [0.1, 0.15) is 11.7 Å². The van der Waals surface area contributed by atoms with Crippen LogP contribution in [0.1, 0.15) is 16.8 Å². The van der Waals surface area contributed by atoms with Crippen LogP contribution < -0.4 is 4.74 Å².